The van der Waals surface area contributed by atoms with Crippen molar-refractivity contribution in [3.05, 3.63) is 47.5 Å². The Morgan fingerprint density at radius 1 is 1.00 bits per heavy atom. The maximum Gasteiger partial charge on any atom is 0.253 e. The molecular weight excluding hydrogens is 336 g/mol. The van der Waals surface area contributed by atoms with E-state index in [1.165, 1.54) is 0 Å². The van der Waals surface area contributed by atoms with Gasteiger partial charge in [0.2, 0.25) is 11.6 Å². The molecule has 0 fully saturated rings. The molecule has 0 aliphatic heterocycles. The van der Waals surface area contributed by atoms with Crippen molar-refractivity contribution >= 4 is 22.9 Å². The van der Waals surface area contributed by atoms with Crippen molar-refractivity contribution in [2.24, 2.45) is 0 Å². The van der Waals surface area contributed by atoms with Gasteiger partial charge in [-0.2, -0.15) is 4.98 Å². The van der Waals surface area contributed by atoms with Gasteiger partial charge in [0, 0.05) is 35.4 Å². The fourth-order valence-corrected chi connectivity index (χ4v) is 3.32. The highest BCUT2D eigenvalue weighted by Crippen LogP contribution is 2.22. The molecule has 0 bridgehead atoms. The van der Waals surface area contributed by atoms with Crippen LogP contribution >= 0.6 is 11.3 Å². The molecule has 0 unspecified atom stereocenters. The van der Waals surface area contributed by atoms with Crippen LogP contribution in [-0.2, 0) is 0 Å². The first-order valence-electron chi connectivity index (χ1n) is 7.64. The molecule has 5 heterocycles. The highest BCUT2D eigenvalue weighted by atomic mass is 32.1. The van der Waals surface area contributed by atoms with Gasteiger partial charge in [0.15, 0.2) is 0 Å². The van der Waals surface area contributed by atoms with Crippen LogP contribution in [0.1, 0.15) is 11.4 Å². The fourth-order valence-electron chi connectivity index (χ4n) is 2.72. The number of fused-ring (bicyclic) bond motifs is 2. The number of hydrogen-bond donors (Lipinski definition) is 0. The van der Waals surface area contributed by atoms with Gasteiger partial charge in [-0.1, -0.05) is 0 Å². The number of aryl methyl sites for hydroxylation is 2. The molecular formula is C16H12N8S. The van der Waals surface area contributed by atoms with Crippen LogP contribution in [0.2, 0.25) is 0 Å². The summed E-state index contributed by atoms with van der Waals surface area (Å²) in [5.74, 6) is 1.69. The monoisotopic (exact) mass is 348 g/mol. The minimum absolute atomic E-state index is 0.530. The molecule has 122 valence electrons. The normalized spacial score (nSPS) is 11.6. The van der Waals surface area contributed by atoms with E-state index in [2.05, 4.69) is 30.0 Å². The smallest absolute Gasteiger partial charge is 0.253 e. The highest BCUT2D eigenvalue weighted by Gasteiger charge is 2.13. The molecule has 5 aromatic heterocycles. The lowest BCUT2D eigenvalue weighted by Crippen LogP contribution is -1.97. The number of aromatic nitrogens is 8. The Kier molecular flexibility index (Phi) is 2.92. The third-order valence-electron chi connectivity index (χ3n) is 3.83. The van der Waals surface area contributed by atoms with E-state index in [0.717, 1.165) is 22.1 Å². The molecule has 8 nitrogen and oxygen atoms in total. The molecule has 25 heavy (non-hydrogen) atoms. The maximum atomic E-state index is 4.59. The van der Waals surface area contributed by atoms with E-state index in [1.807, 2.05) is 48.2 Å². The van der Waals surface area contributed by atoms with Gasteiger partial charge in [0.25, 0.3) is 5.78 Å². The molecule has 0 aliphatic rings. The molecule has 0 spiro atoms. The van der Waals surface area contributed by atoms with Gasteiger partial charge in [-0.15, -0.1) is 16.4 Å². The molecule has 0 atom stereocenters. The SMILES string of the molecule is Cc1cc(C)n2nc(-c3ccn4cc(-c5nccs5)nc4n3)nc2n1. The number of nitrogens with zero attached hydrogens (tertiary/aromatic N) is 8. The zero-order valence-electron chi connectivity index (χ0n) is 13.5. The van der Waals surface area contributed by atoms with Crippen molar-refractivity contribution in [2.45, 2.75) is 13.8 Å². The average Bonchev–Trinajstić information content (AvgIpc) is 3.32. The second-order valence-corrected chi connectivity index (χ2v) is 6.56. The van der Waals surface area contributed by atoms with Crippen molar-refractivity contribution < 1.29 is 0 Å². The Morgan fingerprint density at radius 2 is 1.88 bits per heavy atom. The van der Waals surface area contributed by atoms with E-state index in [0.29, 0.717) is 23.1 Å². The quantitative estimate of drug-likeness (QED) is 0.487. The van der Waals surface area contributed by atoms with E-state index in [1.54, 1.807) is 22.0 Å². The first-order valence-corrected chi connectivity index (χ1v) is 8.52. The summed E-state index contributed by atoms with van der Waals surface area (Å²) in [6.45, 7) is 3.92. The average molecular weight is 348 g/mol. The lowest BCUT2D eigenvalue weighted by molar-refractivity contribution is 0.886. The molecule has 0 radical (unpaired) electrons. The Hall–Kier alpha value is -3.20. The van der Waals surface area contributed by atoms with E-state index in [9.17, 15) is 0 Å². The minimum atomic E-state index is 0.530. The summed E-state index contributed by atoms with van der Waals surface area (Å²) in [5.41, 5.74) is 3.35. The Balaban J connectivity index is 1.64. The van der Waals surface area contributed by atoms with Gasteiger partial charge in [0.1, 0.15) is 16.4 Å². The van der Waals surface area contributed by atoms with Crippen LogP contribution in [0.5, 0.6) is 0 Å². The first kappa shape index (κ1) is 14.2. The summed E-state index contributed by atoms with van der Waals surface area (Å²) in [6.07, 6.45) is 5.58. The molecule has 0 N–H and O–H groups in total. The van der Waals surface area contributed by atoms with Crippen molar-refractivity contribution in [1.82, 2.24) is 38.9 Å². The second-order valence-electron chi connectivity index (χ2n) is 5.67. The van der Waals surface area contributed by atoms with Gasteiger partial charge in [-0.3, -0.25) is 4.40 Å². The van der Waals surface area contributed by atoms with Gasteiger partial charge in [-0.25, -0.2) is 24.5 Å². The van der Waals surface area contributed by atoms with E-state index >= 15 is 0 Å². The highest BCUT2D eigenvalue weighted by molar-refractivity contribution is 7.13. The molecule has 0 saturated carbocycles. The molecule has 9 heteroatoms. The zero-order chi connectivity index (χ0) is 17.0. The van der Waals surface area contributed by atoms with Crippen LogP contribution in [0.3, 0.4) is 0 Å². The van der Waals surface area contributed by atoms with E-state index in [4.69, 9.17) is 0 Å². The van der Waals surface area contributed by atoms with Gasteiger partial charge >= 0.3 is 0 Å². The first-order chi connectivity index (χ1) is 12.2. The van der Waals surface area contributed by atoms with Gasteiger partial charge in [0.05, 0.1) is 0 Å². The Morgan fingerprint density at radius 3 is 2.72 bits per heavy atom. The Labute approximate surface area is 145 Å². The number of rotatable bonds is 2. The standard InChI is InChI=1S/C16H12N8S/c1-9-7-10(2)24-16(18-9)21-13(22-24)11-3-5-23-8-12(20-15(23)19-11)14-17-4-6-25-14/h3-8H,1-2H3. The van der Waals surface area contributed by atoms with Crippen LogP contribution in [0.15, 0.2) is 36.1 Å². The van der Waals surface area contributed by atoms with Crippen LogP contribution in [-0.4, -0.2) is 38.9 Å². The lowest BCUT2D eigenvalue weighted by atomic mass is 10.4. The summed E-state index contributed by atoms with van der Waals surface area (Å²) < 4.78 is 3.59. The summed E-state index contributed by atoms with van der Waals surface area (Å²) in [4.78, 5) is 22.3. The molecule has 0 aromatic carbocycles. The topological polar surface area (TPSA) is 86.2 Å². The molecule has 5 rings (SSSR count). The van der Waals surface area contributed by atoms with Crippen LogP contribution < -0.4 is 0 Å². The minimum Gasteiger partial charge on any atom is -0.290 e. The van der Waals surface area contributed by atoms with Crippen LogP contribution in [0, 0.1) is 13.8 Å². The summed E-state index contributed by atoms with van der Waals surface area (Å²) in [5, 5.41) is 7.32. The van der Waals surface area contributed by atoms with Crippen molar-refractivity contribution in [3.63, 3.8) is 0 Å². The van der Waals surface area contributed by atoms with Crippen molar-refractivity contribution in [2.75, 3.05) is 0 Å². The van der Waals surface area contributed by atoms with Crippen molar-refractivity contribution in [1.29, 1.82) is 0 Å². The zero-order valence-corrected chi connectivity index (χ0v) is 14.3. The second kappa shape index (κ2) is 5.15. The third-order valence-corrected chi connectivity index (χ3v) is 4.62. The van der Waals surface area contributed by atoms with Crippen molar-refractivity contribution in [3.8, 4) is 22.2 Å². The largest absolute Gasteiger partial charge is 0.290 e. The summed E-state index contributed by atoms with van der Waals surface area (Å²) >= 11 is 1.55. The Bertz CT molecular complexity index is 1220. The molecule has 5 aromatic rings. The molecule has 0 amide bonds. The van der Waals surface area contributed by atoms with Gasteiger partial charge in [-0.05, 0) is 26.0 Å². The molecule has 0 saturated heterocycles. The fraction of sp³-hybridized carbons (Fsp3) is 0.125. The van der Waals surface area contributed by atoms with E-state index in [-0.39, 0.29) is 0 Å². The van der Waals surface area contributed by atoms with E-state index < -0.39 is 0 Å². The van der Waals surface area contributed by atoms with Gasteiger partial charge < -0.3 is 0 Å². The number of imidazole rings is 1. The summed E-state index contributed by atoms with van der Waals surface area (Å²) in [6, 6.07) is 3.84. The predicted octanol–water partition coefficient (Wildman–Crippen LogP) is 2.57. The predicted molar refractivity (Wildman–Crippen MR) is 93.3 cm³/mol. The molecule has 0 aliphatic carbocycles. The third kappa shape index (κ3) is 2.28. The number of thiazole rings is 1. The number of hydrogen-bond acceptors (Lipinski definition) is 7. The maximum absolute atomic E-state index is 4.59. The summed E-state index contributed by atoms with van der Waals surface area (Å²) in [7, 11) is 0. The van der Waals surface area contributed by atoms with Crippen LogP contribution in [0.25, 0.3) is 33.8 Å². The lowest BCUT2D eigenvalue weighted by Gasteiger charge is -1.97. The van der Waals surface area contributed by atoms with Crippen LogP contribution in [0.4, 0.5) is 0 Å².